The van der Waals surface area contributed by atoms with Crippen LogP contribution in [0.15, 0.2) is 24.3 Å². The number of amides is 1. The standard InChI is InChI=1S/C18H27NO3/c1-14-3-2-4-17(11-14)22-13-18(21)19-10-9-15-5-7-16(12-20)8-6-15/h5-8,14,17,20H,2-4,9-13H2,1H3,(H,19,21). The lowest BCUT2D eigenvalue weighted by Crippen LogP contribution is -2.32. The minimum atomic E-state index is -0.0368. The molecule has 2 unspecified atom stereocenters. The van der Waals surface area contributed by atoms with E-state index in [0.717, 1.165) is 30.4 Å². The number of carbonyl (C=O) groups excluding carboxylic acids is 1. The zero-order valence-corrected chi connectivity index (χ0v) is 13.4. The third kappa shape index (κ3) is 5.78. The summed E-state index contributed by atoms with van der Waals surface area (Å²) in [4.78, 5) is 11.8. The molecule has 0 aromatic heterocycles. The smallest absolute Gasteiger partial charge is 0.246 e. The predicted molar refractivity (Wildman–Crippen MR) is 86.5 cm³/mol. The zero-order valence-electron chi connectivity index (χ0n) is 13.4. The summed E-state index contributed by atoms with van der Waals surface area (Å²) < 4.78 is 5.71. The Kier molecular flexibility index (Phi) is 6.87. The van der Waals surface area contributed by atoms with Gasteiger partial charge in [-0.15, -0.1) is 0 Å². The largest absolute Gasteiger partial charge is 0.392 e. The van der Waals surface area contributed by atoms with Crippen LogP contribution in [-0.2, 0) is 22.6 Å². The van der Waals surface area contributed by atoms with Crippen molar-refractivity contribution in [3.8, 4) is 0 Å². The van der Waals surface area contributed by atoms with Crippen LogP contribution >= 0.6 is 0 Å². The van der Waals surface area contributed by atoms with E-state index < -0.39 is 0 Å². The second-order valence-electron chi connectivity index (χ2n) is 6.28. The lowest BCUT2D eigenvalue weighted by atomic mass is 9.89. The molecule has 1 aliphatic carbocycles. The number of benzene rings is 1. The maximum atomic E-state index is 11.8. The Bertz CT molecular complexity index is 458. The fraction of sp³-hybridized carbons (Fsp3) is 0.611. The number of aliphatic hydroxyl groups excluding tert-OH is 1. The van der Waals surface area contributed by atoms with Crippen LogP contribution in [0.25, 0.3) is 0 Å². The van der Waals surface area contributed by atoms with Crippen LogP contribution < -0.4 is 5.32 Å². The van der Waals surface area contributed by atoms with Gasteiger partial charge in [-0.25, -0.2) is 0 Å². The Morgan fingerprint density at radius 3 is 2.68 bits per heavy atom. The summed E-state index contributed by atoms with van der Waals surface area (Å²) in [5.74, 6) is 0.675. The number of carbonyl (C=O) groups is 1. The number of ether oxygens (including phenoxy) is 1. The van der Waals surface area contributed by atoms with Crippen LogP contribution in [-0.4, -0.2) is 30.3 Å². The van der Waals surface area contributed by atoms with Crippen LogP contribution in [0.1, 0.15) is 43.7 Å². The molecule has 0 radical (unpaired) electrons. The van der Waals surface area contributed by atoms with Crippen molar-refractivity contribution in [1.29, 1.82) is 0 Å². The average molecular weight is 305 g/mol. The van der Waals surface area contributed by atoms with Gasteiger partial charge in [0, 0.05) is 6.54 Å². The van der Waals surface area contributed by atoms with Gasteiger partial charge in [0.05, 0.1) is 12.7 Å². The molecule has 22 heavy (non-hydrogen) atoms. The summed E-state index contributed by atoms with van der Waals surface area (Å²) in [6.07, 6.45) is 5.68. The fourth-order valence-electron chi connectivity index (χ4n) is 2.93. The molecule has 1 amide bonds. The van der Waals surface area contributed by atoms with Gasteiger partial charge in [0.25, 0.3) is 0 Å². The summed E-state index contributed by atoms with van der Waals surface area (Å²) in [6, 6.07) is 7.78. The van der Waals surface area contributed by atoms with Gasteiger partial charge >= 0.3 is 0 Å². The van der Waals surface area contributed by atoms with E-state index in [1.807, 2.05) is 24.3 Å². The second kappa shape index (κ2) is 8.91. The van der Waals surface area contributed by atoms with E-state index in [9.17, 15) is 4.79 Å². The third-order valence-electron chi connectivity index (χ3n) is 4.28. The van der Waals surface area contributed by atoms with Crippen molar-refractivity contribution in [1.82, 2.24) is 5.32 Å². The summed E-state index contributed by atoms with van der Waals surface area (Å²) >= 11 is 0. The topological polar surface area (TPSA) is 58.6 Å². The van der Waals surface area contributed by atoms with Crippen LogP contribution in [0.5, 0.6) is 0 Å². The molecule has 2 N–H and O–H groups in total. The van der Waals surface area contributed by atoms with Crippen LogP contribution in [0.3, 0.4) is 0 Å². The Balaban J connectivity index is 1.60. The van der Waals surface area contributed by atoms with Crippen LogP contribution in [0.4, 0.5) is 0 Å². The molecule has 4 heteroatoms. The number of hydrogen-bond acceptors (Lipinski definition) is 3. The highest BCUT2D eigenvalue weighted by molar-refractivity contribution is 5.77. The summed E-state index contributed by atoms with van der Waals surface area (Å²) in [5.41, 5.74) is 2.06. The first-order valence-corrected chi connectivity index (χ1v) is 8.24. The SMILES string of the molecule is CC1CCCC(OCC(=O)NCCc2ccc(CO)cc2)C1. The van der Waals surface area contributed by atoms with Gasteiger partial charge < -0.3 is 15.2 Å². The van der Waals surface area contributed by atoms with Gasteiger partial charge in [0.1, 0.15) is 6.61 Å². The van der Waals surface area contributed by atoms with E-state index in [0.29, 0.717) is 12.5 Å². The number of rotatable bonds is 7. The first kappa shape index (κ1) is 17.0. The molecule has 1 aliphatic rings. The molecule has 122 valence electrons. The van der Waals surface area contributed by atoms with E-state index in [-0.39, 0.29) is 25.2 Å². The molecule has 1 aromatic carbocycles. The molecule has 1 saturated carbocycles. The minimum Gasteiger partial charge on any atom is -0.392 e. The second-order valence-corrected chi connectivity index (χ2v) is 6.28. The van der Waals surface area contributed by atoms with Gasteiger partial charge in [0.2, 0.25) is 5.91 Å². The Labute approximate surface area is 132 Å². The lowest BCUT2D eigenvalue weighted by molar-refractivity contribution is -0.128. The number of aliphatic hydroxyl groups is 1. The van der Waals surface area contributed by atoms with Crippen molar-refractivity contribution in [2.45, 2.75) is 51.7 Å². The number of nitrogens with one attached hydrogen (secondary N) is 1. The van der Waals surface area contributed by atoms with Gasteiger partial charge in [-0.2, -0.15) is 0 Å². The number of hydrogen-bond donors (Lipinski definition) is 2. The van der Waals surface area contributed by atoms with E-state index in [2.05, 4.69) is 12.2 Å². The molecule has 0 saturated heterocycles. The molecule has 0 aliphatic heterocycles. The predicted octanol–water partition coefficient (Wildman–Crippen LogP) is 2.43. The summed E-state index contributed by atoms with van der Waals surface area (Å²) in [6.45, 7) is 3.09. The van der Waals surface area contributed by atoms with Gasteiger partial charge in [-0.1, -0.05) is 44.0 Å². The molecule has 4 nitrogen and oxygen atoms in total. The van der Waals surface area contributed by atoms with Crippen molar-refractivity contribution in [3.05, 3.63) is 35.4 Å². The molecular formula is C18H27NO3. The van der Waals surface area contributed by atoms with Crippen LogP contribution in [0.2, 0.25) is 0 Å². The highest BCUT2D eigenvalue weighted by atomic mass is 16.5. The lowest BCUT2D eigenvalue weighted by Gasteiger charge is -2.26. The fourth-order valence-corrected chi connectivity index (χ4v) is 2.93. The van der Waals surface area contributed by atoms with Crippen molar-refractivity contribution in [3.63, 3.8) is 0 Å². The Morgan fingerprint density at radius 1 is 1.27 bits per heavy atom. The summed E-state index contributed by atoms with van der Waals surface area (Å²) in [7, 11) is 0. The quantitative estimate of drug-likeness (QED) is 0.813. The first-order valence-electron chi connectivity index (χ1n) is 8.24. The van der Waals surface area contributed by atoms with Gasteiger partial charge in [-0.3, -0.25) is 4.79 Å². The maximum absolute atomic E-state index is 11.8. The molecule has 0 heterocycles. The van der Waals surface area contributed by atoms with E-state index >= 15 is 0 Å². The van der Waals surface area contributed by atoms with Crippen molar-refractivity contribution in [2.75, 3.05) is 13.2 Å². The third-order valence-corrected chi connectivity index (χ3v) is 4.28. The zero-order chi connectivity index (χ0) is 15.8. The molecular weight excluding hydrogens is 278 g/mol. The van der Waals surface area contributed by atoms with Crippen molar-refractivity contribution >= 4 is 5.91 Å². The molecule has 2 rings (SSSR count). The molecule has 0 spiro atoms. The Hall–Kier alpha value is -1.39. The van der Waals surface area contributed by atoms with E-state index in [1.54, 1.807) is 0 Å². The monoisotopic (exact) mass is 305 g/mol. The maximum Gasteiger partial charge on any atom is 0.246 e. The first-order chi connectivity index (χ1) is 10.7. The highest BCUT2D eigenvalue weighted by Gasteiger charge is 2.19. The average Bonchev–Trinajstić information content (AvgIpc) is 2.54. The van der Waals surface area contributed by atoms with E-state index in [4.69, 9.17) is 9.84 Å². The molecule has 2 atom stereocenters. The highest BCUT2D eigenvalue weighted by Crippen LogP contribution is 2.25. The normalized spacial score (nSPS) is 21.5. The van der Waals surface area contributed by atoms with Gasteiger partial charge in [-0.05, 0) is 36.3 Å². The Morgan fingerprint density at radius 2 is 2.00 bits per heavy atom. The molecule has 1 aromatic rings. The van der Waals surface area contributed by atoms with Gasteiger partial charge in [0.15, 0.2) is 0 Å². The molecule has 0 bridgehead atoms. The summed E-state index contributed by atoms with van der Waals surface area (Å²) in [5, 5.41) is 11.9. The molecule has 1 fully saturated rings. The minimum absolute atomic E-state index is 0.0368. The van der Waals surface area contributed by atoms with Crippen molar-refractivity contribution < 1.29 is 14.6 Å². The van der Waals surface area contributed by atoms with Crippen LogP contribution in [0, 0.1) is 5.92 Å². The van der Waals surface area contributed by atoms with E-state index in [1.165, 1.54) is 12.8 Å². The van der Waals surface area contributed by atoms with Crippen molar-refractivity contribution in [2.24, 2.45) is 5.92 Å².